The van der Waals surface area contributed by atoms with E-state index in [1.165, 1.54) is 12.1 Å². The van der Waals surface area contributed by atoms with Gasteiger partial charge < -0.3 is 5.32 Å². The third kappa shape index (κ3) is 3.55. The molecule has 0 bridgehead atoms. The first-order valence-corrected chi connectivity index (χ1v) is 9.95. The number of hydrogen-bond donors (Lipinski definition) is 1. The minimum Gasteiger partial charge on any atom is -0.322 e. The molecule has 3 aromatic carbocycles. The van der Waals surface area contributed by atoms with Crippen LogP contribution in [0, 0.1) is 0 Å². The predicted octanol–water partition coefficient (Wildman–Crippen LogP) is 5.81. The van der Waals surface area contributed by atoms with Crippen molar-refractivity contribution < 1.29 is 14.4 Å². The molecule has 3 aromatic rings. The summed E-state index contributed by atoms with van der Waals surface area (Å²) in [7, 11) is 0. The molecular weight excluding hydrogens is 479 g/mol. The van der Waals surface area contributed by atoms with Gasteiger partial charge in [0.1, 0.15) is 0 Å². The SMILES string of the molecule is O=C(Nc1ccc(N2C(=O)c3ccccc3C2=O)c(Cl)c1)c1cc(Br)ccc1Cl. The fourth-order valence-electron chi connectivity index (χ4n) is 3.04. The van der Waals surface area contributed by atoms with Gasteiger partial charge in [0.15, 0.2) is 0 Å². The van der Waals surface area contributed by atoms with Crippen LogP contribution < -0.4 is 10.2 Å². The fraction of sp³-hybridized carbons (Fsp3) is 0. The van der Waals surface area contributed by atoms with E-state index < -0.39 is 17.7 Å². The van der Waals surface area contributed by atoms with Crippen LogP contribution in [0.15, 0.2) is 65.1 Å². The van der Waals surface area contributed by atoms with Gasteiger partial charge in [-0.3, -0.25) is 14.4 Å². The third-order valence-corrected chi connectivity index (χ3v) is 5.54. The second-order valence-corrected chi connectivity index (χ2v) is 7.97. The summed E-state index contributed by atoms with van der Waals surface area (Å²) >= 11 is 15.7. The third-order valence-electron chi connectivity index (χ3n) is 4.41. The summed E-state index contributed by atoms with van der Waals surface area (Å²) in [5, 5.41) is 3.16. The maximum Gasteiger partial charge on any atom is 0.266 e. The minimum atomic E-state index is -0.440. The van der Waals surface area contributed by atoms with Gasteiger partial charge in [-0.25, -0.2) is 4.90 Å². The second-order valence-electron chi connectivity index (χ2n) is 6.24. The van der Waals surface area contributed by atoms with E-state index in [2.05, 4.69) is 21.2 Å². The Morgan fingerprint density at radius 2 is 1.52 bits per heavy atom. The molecule has 0 atom stereocenters. The first kappa shape index (κ1) is 19.6. The number of benzene rings is 3. The van der Waals surface area contributed by atoms with E-state index in [-0.39, 0.29) is 10.7 Å². The molecular formula is C21H11BrCl2N2O3. The van der Waals surface area contributed by atoms with Crippen molar-refractivity contribution in [2.24, 2.45) is 0 Å². The Labute approximate surface area is 184 Å². The largest absolute Gasteiger partial charge is 0.322 e. The molecule has 0 spiro atoms. The quantitative estimate of drug-likeness (QED) is 0.472. The molecule has 0 saturated heterocycles. The lowest BCUT2D eigenvalue weighted by Crippen LogP contribution is -2.29. The number of nitrogens with one attached hydrogen (secondary N) is 1. The highest BCUT2D eigenvalue weighted by molar-refractivity contribution is 9.10. The highest BCUT2D eigenvalue weighted by Gasteiger charge is 2.37. The molecule has 8 heteroatoms. The van der Waals surface area contributed by atoms with Crippen molar-refractivity contribution in [3.8, 4) is 0 Å². The molecule has 144 valence electrons. The average Bonchev–Trinajstić information content (AvgIpc) is 2.95. The van der Waals surface area contributed by atoms with Crippen LogP contribution in [0.1, 0.15) is 31.1 Å². The van der Waals surface area contributed by atoms with Crippen LogP contribution in [0.4, 0.5) is 11.4 Å². The van der Waals surface area contributed by atoms with Crippen LogP contribution in [0.2, 0.25) is 10.0 Å². The summed E-state index contributed by atoms with van der Waals surface area (Å²) in [4.78, 5) is 38.8. The Kier molecular flexibility index (Phi) is 5.17. The number of carbonyl (C=O) groups excluding carboxylic acids is 3. The molecule has 0 saturated carbocycles. The van der Waals surface area contributed by atoms with Gasteiger partial charge in [-0.15, -0.1) is 0 Å². The van der Waals surface area contributed by atoms with Crippen molar-refractivity contribution in [3.63, 3.8) is 0 Å². The van der Waals surface area contributed by atoms with Crippen molar-refractivity contribution in [2.45, 2.75) is 0 Å². The highest BCUT2D eigenvalue weighted by Crippen LogP contribution is 2.35. The molecule has 5 nitrogen and oxygen atoms in total. The number of imide groups is 1. The zero-order chi connectivity index (χ0) is 20.7. The molecule has 0 aromatic heterocycles. The number of fused-ring (bicyclic) bond motifs is 1. The standard InChI is InChI=1S/C21H11BrCl2N2O3/c22-11-5-7-16(23)15(9-11)19(27)25-12-6-8-18(17(24)10-12)26-20(28)13-3-1-2-4-14(13)21(26)29/h1-10H,(H,25,27). The zero-order valence-corrected chi connectivity index (χ0v) is 17.7. The van der Waals surface area contributed by atoms with E-state index in [0.29, 0.717) is 31.9 Å². The molecule has 0 aliphatic carbocycles. The van der Waals surface area contributed by atoms with Crippen LogP contribution in [0.25, 0.3) is 0 Å². The molecule has 0 fully saturated rings. The summed E-state index contributed by atoms with van der Waals surface area (Å²) in [6.07, 6.45) is 0. The van der Waals surface area contributed by atoms with Crippen molar-refractivity contribution in [2.75, 3.05) is 10.2 Å². The van der Waals surface area contributed by atoms with Crippen LogP contribution in [-0.4, -0.2) is 17.7 Å². The predicted molar refractivity (Wildman–Crippen MR) is 116 cm³/mol. The Morgan fingerprint density at radius 3 is 2.14 bits per heavy atom. The Morgan fingerprint density at radius 1 is 0.862 bits per heavy atom. The van der Waals surface area contributed by atoms with E-state index in [0.717, 1.165) is 4.90 Å². The van der Waals surface area contributed by atoms with Gasteiger partial charge >= 0.3 is 0 Å². The van der Waals surface area contributed by atoms with Crippen LogP contribution >= 0.6 is 39.1 Å². The van der Waals surface area contributed by atoms with Crippen LogP contribution in [0.3, 0.4) is 0 Å². The summed E-state index contributed by atoms with van der Waals surface area (Å²) in [6.45, 7) is 0. The van der Waals surface area contributed by atoms with E-state index in [1.54, 1.807) is 48.5 Å². The normalized spacial score (nSPS) is 12.9. The Balaban J connectivity index is 1.61. The number of anilines is 2. The molecule has 0 radical (unpaired) electrons. The fourth-order valence-corrected chi connectivity index (χ4v) is 3.87. The number of carbonyl (C=O) groups is 3. The summed E-state index contributed by atoms with van der Waals surface area (Å²) in [5.74, 6) is -1.30. The van der Waals surface area contributed by atoms with Crippen LogP contribution in [-0.2, 0) is 0 Å². The summed E-state index contributed by atoms with van der Waals surface area (Å²) in [6, 6.07) is 16.1. The van der Waals surface area contributed by atoms with Gasteiger partial charge in [0.05, 0.1) is 32.4 Å². The number of nitrogens with zero attached hydrogens (tertiary/aromatic N) is 1. The molecule has 4 rings (SSSR count). The van der Waals surface area contributed by atoms with E-state index in [4.69, 9.17) is 23.2 Å². The summed E-state index contributed by atoms with van der Waals surface area (Å²) < 4.78 is 0.714. The molecule has 1 aliphatic heterocycles. The lowest BCUT2D eigenvalue weighted by Gasteiger charge is -2.16. The van der Waals surface area contributed by atoms with Crippen molar-refractivity contribution >= 4 is 68.2 Å². The zero-order valence-electron chi connectivity index (χ0n) is 14.6. The van der Waals surface area contributed by atoms with Gasteiger partial charge in [0.2, 0.25) is 0 Å². The lowest BCUT2D eigenvalue weighted by molar-refractivity contribution is 0.0924. The van der Waals surface area contributed by atoms with Gasteiger partial charge in [0, 0.05) is 10.2 Å². The van der Waals surface area contributed by atoms with Gasteiger partial charge in [-0.2, -0.15) is 0 Å². The highest BCUT2D eigenvalue weighted by atomic mass is 79.9. The number of amides is 3. The molecule has 1 heterocycles. The minimum absolute atomic E-state index is 0.151. The maximum absolute atomic E-state index is 12.6. The number of rotatable bonds is 3. The van der Waals surface area contributed by atoms with Gasteiger partial charge in [-0.1, -0.05) is 51.3 Å². The monoisotopic (exact) mass is 488 g/mol. The van der Waals surface area contributed by atoms with Crippen LogP contribution in [0.5, 0.6) is 0 Å². The van der Waals surface area contributed by atoms with Crippen molar-refractivity contribution in [1.29, 1.82) is 0 Å². The van der Waals surface area contributed by atoms with E-state index >= 15 is 0 Å². The molecule has 3 amide bonds. The second kappa shape index (κ2) is 7.63. The Bertz CT molecular complexity index is 1160. The first-order valence-electron chi connectivity index (χ1n) is 8.40. The molecule has 0 unspecified atom stereocenters. The number of hydrogen-bond acceptors (Lipinski definition) is 3. The van der Waals surface area contributed by atoms with Gasteiger partial charge in [0.25, 0.3) is 17.7 Å². The van der Waals surface area contributed by atoms with Crippen molar-refractivity contribution in [3.05, 3.63) is 91.9 Å². The molecule has 29 heavy (non-hydrogen) atoms. The Hall–Kier alpha value is -2.67. The lowest BCUT2D eigenvalue weighted by atomic mass is 10.1. The maximum atomic E-state index is 12.6. The average molecular weight is 490 g/mol. The van der Waals surface area contributed by atoms with E-state index in [1.807, 2.05) is 0 Å². The molecule has 1 aliphatic rings. The van der Waals surface area contributed by atoms with E-state index in [9.17, 15) is 14.4 Å². The number of halogens is 3. The molecule has 1 N–H and O–H groups in total. The topological polar surface area (TPSA) is 66.5 Å². The smallest absolute Gasteiger partial charge is 0.266 e. The first-order chi connectivity index (χ1) is 13.9. The van der Waals surface area contributed by atoms with Gasteiger partial charge in [-0.05, 0) is 48.5 Å². The van der Waals surface area contributed by atoms with Crippen molar-refractivity contribution in [1.82, 2.24) is 0 Å². The summed E-state index contributed by atoms with van der Waals surface area (Å²) in [5.41, 5.74) is 1.60.